The Kier molecular flexibility index (Phi) is 4.53. The van der Waals surface area contributed by atoms with Gasteiger partial charge in [0.1, 0.15) is 5.30 Å². The molecule has 0 saturated heterocycles. The first kappa shape index (κ1) is 13.2. The van der Waals surface area contributed by atoms with E-state index >= 15 is 0 Å². The predicted molar refractivity (Wildman–Crippen MR) is 54.6 cm³/mol. The summed E-state index contributed by atoms with van der Waals surface area (Å²) in [4.78, 5) is 3.10. The van der Waals surface area contributed by atoms with E-state index in [4.69, 9.17) is 9.05 Å². The molecule has 0 atom stereocenters. The van der Waals surface area contributed by atoms with Crippen molar-refractivity contribution in [3.05, 3.63) is 24.0 Å². The lowest BCUT2D eigenvalue weighted by molar-refractivity contribution is 0.229. The topological polar surface area (TPSA) is 48.4 Å². The fourth-order valence-corrected chi connectivity index (χ4v) is 2.75. The second kappa shape index (κ2) is 5.48. The molecule has 0 aromatic carbocycles. The van der Waals surface area contributed by atoms with Gasteiger partial charge in [0, 0.05) is 6.07 Å². The molecule has 0 spiro atoms. The molecule has 0 bridgehead atoms. The average molecular weight is 251 g/mol. The minimum Gasteiger partial charge on any atom is -0.305 e. The van der Waals surface area contributed by atoms with Gasteiger partial charge in [-0.3, -0.25) is 4.57 Å². The van der Waals surface area contributed by atoms with E-state index in [1.165, 1.54) is 0 Å². The Balaban J connectivity index is 3.20. The summed E-state index contributed by atoms with van der Waals surface area (Å²) < 4.78 is 48.1. The molecular formula is C9H12F2NO3P. The molecule has 0 radical (unpaired) electrons. The highest BCUT2D eigenvalue weighted by Crippen LogP contribution is 2.47. The van der Waals surface area contributed by atoms with Gasteiger partial charge >= 0.3 is 7.60 Å². The van der Waals surface area contributed by atoms with Gasteiger partial charge in [-0.25, -0.2) is 9.37 Å². The number of rotatable bonds is 5. The highest BCUT2D eigenvalue weighted by molar-refractivity contribution is 7.62. The van der Waals surface area contributed by atoms with Crippen LogP contribution in [0.5, 0.6) is 0 Å². The third kappa shape index (κ3) is 2.84. The van der Waals surface area contributed by atoms with Crippen LogP contribution < -0.4 is 5.30 Å². The van der Waals surface area contributed by atoms with Crippen LogP contribution in [0.2, 0.25) is 0 Å². The molecule has 0 aliphatic rings. The molecule has 0 saturated carbocycles. The van der Waals surface area contributed by atoms with Crippen molar-refractivity contribution in [2.75, 3.05) is 13.2 Å². The van der Waals surface area contributed by atoms with Crippen LogP contribution in [0.25, 0.3) is 0 Å². The van der Waals surface area contributed by atoms with Gasteiger partial charge in [-0.1, -0.05) is 0 Å². The summed E-state index contributed by atoms with van der Waals surface area (Å²) in [5, 5.41) is -0.427. The monoisotopic (exact) mass is 251 g/mol. The molecule has 1 aromatic heterocycles. The number of pyridine rings is 1. The standard InChI is InChI=1S/C9H12F2NO3P/c1-3-14-16(13,15-4-2)8-5-9(11)12-6-7(8)10/h5-6H,3-4H2,1-2H3. The lowest BCUT2D eigenvalue weighted by Crippen LogP contribution is -2.16. The zero-order chi connectivity index (χ0) is 12.2. The fraction of sp³-hybridized carbons (Fsp3) is 0.444. The summed E-state index contributed by atoms with van der Waals surface area (Å²) in [5.41, 5.74) is 0. The molecule has 90 valence electrons. The van der Waals surface area contributed by atoms with E-state index in [2.05, 4.69) is 4.98 Å². The van der Waals surface area contributed by atoms with Crippen LogP contribution >= 0.6 is 7.60 Å². The molecule has 16 heavy (non-hydrogen) atoms. The molecular weight excluding hydrogens is 239 g/mol. The first-order chi connectivity index (χ1) is 7.53. The Labute approximate surface area is 92.1 Å². The number of nitrogens with zero attached hydrogens (tertiary/aromatic N) is 1. The van der Waals surface area contributed by atoms with Gasteiger partial charge in [-0.2, -0.15) is 4.39 Å². The van der Waals surface area contributed by atoms with E-state index in [0.717, 1.165) is 6.07 Å². The molecule has 0 aliphatic carbocycles. The molecule has 4 nitrogen and oxygen atoms in total. The van der Waals surface area contributed by atoms with Crippen molar-refractivity contribution in [2.45, 2.75) is 13.8 Å². The first-order valence-corrected chi connectivity index (χ1v) is 6.28. The summed E-state index contributed by atoms with van der Waals surface area (Å²) in [7, 11) is -3.79. The van der Waals surface area contributed by atoms with Crippen molar-refractivity contribution in [2.24, 2.45) is 0 Å². The van der Waals surface area contributed by atoms with E-state index in [1.54, 1.807) is 13.8 Å². The Hall–Kier alpha value is -0.840. The molecule has 0 N–H and O–H groups in total. The van der Waals surface area contributed by atoms with Gasteiger partial charge < -0.3 is 9.05 Å². The highest BCUT2D eigenvalue weighted by Gasteiger charge is 2.31. The third-order valence-electron chi connectivity index (χ3n) is 1.69. The second-order valence-electron chi connectivity index (χ2n) is 2.79. The van der Waals surface area contributed by atoms with Crippen LogP contribution in [0.4, 0.5) is 8.78 Å². The quantitative estimate of drug-likeness (QED) is 0.595. The van der Waals surface area contributed by atoms with Crippen LogP contribution in [-0.2, 0) is 13.6 Å². The van der Waals surface area contributed by atoms with Gasteiger partial charge in [0.2, 0.25) is 5.95 Å². The molecule has 1 rings (SSSR count). The van der Waals surface area contributed by atoms with Gasteiger partial charge in [0.25, 0.3) is 0 Å². The van der Waals surface area contributed by atoms with Crippen molar-refractivity contribution in [3.8, 4) is 0 Å². The minimum atomic E-state index is -3.79. The van der Waals surface area contributed by atoms with Gasteiger partial charge in [-0.05, 0) is 13.8 Å². The molecule has 1 aromatic rings. The minimum absolute atomic E-state index is 0.0701. The highest BCUT2D eigenvalue weighted by atomic mass is 31.2. The van der Waals surface area contributed by atoms with E-state index in [0.29, 0.717) is 6.20 Å². The lowest BCUT2D eigenvalue weighted by Gasteiger charge is -2.17. The van der Waals surface area contributed by atoms with Crippen molar-refractivity contribution in [1.29, 1.82) is 0 Å². The van der Waals surface area contributed by atoms with Crippen molar-refractivity contribution < 1.29 is 22.4 Å². The third-order valence-corrected chi connectivity index (χ3v) is 3.82. The van der Waals surface area contributed by atoms with Gasteiger partial charge in [0.05, 0.1) is 19.4 Å². The van der Waals surface area contributed by atoms with Crippen molar-refractivity contribution in [3.63, 3.8) is 0 Å². The summed E-state index contributed by atoms with van der Waals surface area (Å²) in [6.07, 6.45) is 0.648. The zero-order valence-electron chi connectivity index (χ0n) is 8.94. The van der Waals surface area contributed by atoms with Crippen LogP contribution in [0.1, 0.15) is 13.8 Å². The van der Waals surface area contributed by atoms with Crippen molar-refractivity contribution in [1.82, 2.24) is 4.98 Å². The summed E-state index contributed by atoms with van der Waals surface area (Å²) in [6.45, 7) is 3.31. The van der Waals surface area contributed by atoms with E-state index in [-0.39, 0.29) is 13.2 Å². The Morgan fingerprint density at radius 3 is 2.38 bits per heavy atom. The maximum atomic E-state index is 13.4. The fourth-order valence-electron chi connectivity index (χ4n) is 1.13. The van der Waals surface area contributed by atoms with E-state index in [1.807, 2.05) is 0 Å². The maximum absolute atomic E-state index is 13.4. The Morgan fingerprint density at radius 2 is 1.88 bits per heavy atom. The largest absolute Gasteiger partial charge is 0.364 e. The van der Waals surface area contributed by atoms with Crippen LogP contribution in [0, 0.1) is 11.8 Å². The Bertz CT molecular complexity index is 404. The first-order valence-electron chi connectivity index (χ1n) is 4.74. The van der Waals surface area contributed by atoms with E-state index < -0.39 is 24.7 Å². The van der Waals surface area contributed by atoms with Gasteiger partial charge in [-0.15, -0.1) is 0 Å². The van der Waals surface area contributed by atoms with Crippen LogP contribution in [-0.4, -0.2) is 18.2 Å². The molecule has 7 heteroatoms. The molecule has 0 amide bonds. The number of aromatic nitrogens is 1. The summed E-state index contributed by atoms with van der Waals surface area (Å²) in [5.74, 6) is -1.84. The lowest BCUT2D eigenvalue weighted by atomic mass is 10.5. The average Bonchev–Trinajstić information content (AvgIpc) is 2.22. The van der Waals surface area contributed by atoms with Crippen LogP contribution in [0.3, 0.4) is 0 Å². The predicted octanol–water partition coefficient (Wildman–Crippen LogP) is 2.25. The summed E-state index contributed by atoms with van der Waals surface area (Å²) in [6, 6.07) is 0.724. The normalized spacial score (nSPS) is 11.8. The molecule has 0 fully saturated rings. The summed E-state index contributed by atoms with van der Waals surface area (Å²) >= 11 is 0. The van der Waals surface area contributed by atoms with Gasteiger partial charge in [0.15, 0.2) is 5.82 Å². The van der Waals surface area contributed by atoms with Crippen molar-refractivity contribution >= 4 is 12.9 Å². The van der Waals surface area contributed by atoms with E-state index in [9.17, 15) is 13.3 Å². The second-order valence-corrected chi connectivity index (χ2v) is 4.78. The number of hydrogen-bond donors (Lipinski definition) is 0. The maximum Gasteiger partial charge on any atom is 0.364 e. The zero-order valence-corrected chi connectivity index (χ0v) is 9.84. The number of halogens is 2. The number of hydrogen-bond acceptors (Lipinski definition) is 4. The molecule has 0 unspecified atom stereocenters. The Morgan fingerprint density at radius 1 is 1.31 bits per heavy atom. The SMILES string of the molecule is CCOP(=O)(OCC)c1cc(F)ncc1F. The smallest absolute Gasteiger partial charge is 0.305 e. The van der Waals surface area contributed by atoms with Crippen LogP contribution in [0.15, 0.2) is 12.3 Å². The molecule has 1 heterocycles. The molecule has 0 aliphatic heterocycles.